The second kappa shape index (κ2) is 11.4. The predicted octanol–water partition coefficient (Wildman–Crippen LogP) is 2.38. The van der Waals surface area contributed by atoms with Gasteiger partial charge in [0.1, 0.15) is 24.7 Å². The molecular weight excluding hydrogens is 394 g/mol. The lowest BCUT2D eigenvalue weighted by Crippen LogP contribution is -2.39. The van der Waals surface area contributed by atoms with E-state index in [1.165, 1.54) is 0 Å². The average molecular weight is 426 g/mol. The first-order chi connectivity index (χ1) is 15.0. The van der Waals surface area contributed by atoms with Crippen LogP contribution in [0.5, 0.6) is 11.5 Å². The summed E-state index contributed by atoms with van der Waals surface area (Å²) in [5.41, 5.74) is 0.556. The minimum Gasteiger partial charge on any atom is -0.490 e. The Morgan fingerprint density at radius 1 is 0.871 bits per heavy atom. The summed E-state index contributed by atoms with van der Waals surface area (Å²) in [7, 11) is 3.52. The van der Waals surface area contributed by atoms with E-state index in [1.807, 2.05) is 53.4 Å². The Morgan fingerprint density at radius 3 is 2.35 bits per heavy atom. The Bertz CT molecular complexity index is 857. The molecule has 1 aliphatic rings. The van der Waals surface area contributed by atoms with Crippen molar-refractivity contribution in [2.45, 2.75) is 6.42 Å². The standard InChI is InChI=1S/C24H31N3O4/c1-25(2)23(28)19-26-13-8-14-27(16-15-26)24(29)21-11-6-7-12-22(21)31-18-17-30-20-9-4-3-5-10-20/h3-7,9-12H,8,13-19H2,1-2H3. The fourth-order valence-corrected chi connectivity index (χ4v) is 3.43. The smallest absolute Gasteiger partial charge is 0.257 e. The number of rotatable bonds is 8. The third-order valence-electron chi connectivity index (χ3n) is 5.20. The molecular formula is C24H31N3O4. The van der Waals surface area contributed by atoms with Gasteiger partial charge in [-0.25, -0.2) is 0 Å². The Kier molecular flexibility index (Phi) is 8.29. The van der Waals surface area contributed by atoms with Gasteiger partial charge in [-0.15, -0.1) is 0 Å². The number of benzene rings is 2. The van der Waals surface area contributed by atoms with Crippen molar-refractivity contribution in [3.63, 3.8) is 0 Å². The van der Waals surface area contributed by atoms with Crippen molar-refractivity contribution in [3.8, 4) is 11.5 Å². The van der Waals surface area contributed by atoms with Crippen molar-refractivity contribution in [2.75, 3.05) is 60.0 Å². The molecule has 0 saturated carbocycles. The van der Waals surface area contributed by atoms with Gasteiger partial charge in [0.15, 0.2) is 0 Å². The summed E-state index contributed by atoms with van der Waals surface area (Å²) < 4.78 is 11.5. The molecule has 0 N–H and O–H groups in total. The summed E-state index contributed by atoms with van der Waals surface area (Å²) in [5, 5.41) is 0. The number of amides is 2. The molecule has 1 fully saturated rings. The second-order valence-electron chi connectivity index (χ2n) is 7.72. The Hall–Kier alpha value is -3.06. The normalized spacial score (nSPS) is 14.6. The molecule has 1 heterocycles. The van der Waals surface area contributed by atoms with Crippen LogP contribution in [0.2, 0.25) is 0 Å². The lowest BCUT2D eigenvalue weighted by molar-refractivity contribution is -0.129. The van der Waals surface area contributed by atoms with Crippen LogP contribution in [0.25, 0.3) is 0 Å². The fraction of sp³-hybridized carbons (Fsp3) is 0.417. The van der Waals surface area contributed by atoms with Crippen LogP contribution in [0.1, 0.15) is 16.8 Å². The highest BCUT2D eigenvalue weighted by Gasteiger charge is 2.23. The number of hydrogen-bond acceptors (Lipinski definition) is 5. The van der Waals surface area contributed by atoms with Crippen molar-refractivity contribution < 1.29 is 19.1 Å². The maximum atomic E-state index is 13.2. The van der Waals surface area contributed by atoms with Gasteiger partial charge in [-0.05, 0) is 30.7 Å². The summed E-state index contributed by atoms with van der Waals surface area (Å²) in [6, 6.07) is 16.9. The molecule has 0 unspecified atom stereocenters. The number of nitrogens with zero attached hydrogens (tertiary/aromatic N) is 3. The van der Waals surface area contributed by atoms with Gasteiger partial charge in [-0.2, -0.15) is 0 Å². The zero-order valence-electron chi connectivity index (χ0n) is 18.3. The van der Waals surface area contributed by atoms with E-state index in [-0.39, 0.29) is 11.8 Å². The van der Waals surface area contributed by atoms with E-state index in [0.717, 1.165) is 18.7 Å². The molecule has 1 saturated heterocycles. The highest BCUT2D eigenvalue weighted by molar-refractivity contribution is 5.97. The average Bonchev–Trinajstić information content (AvgIpc) is 3.03. The van der Waals surface area contributed by atoms with Gasteiger partial charge in [-0.1, -0.05) is 30.3 Å². The van der Waals surface area contributed by atoms with Gasteiger partial charge < -0.3 is 19.3 Å². The molecule has 0 spiro atoms. The van der Waals surface area contributed by atoms with E-state index in [4.69, 9.17) is 9.47 Å². The third-order valence-corrected chi connectivity index (χ3v) is 5.20. The first-order valence-electron chi connectivity index (χ1n) is 10.7. The number of hydrogen-bond donors (Lipinski definition) is 0. The van der Waals surface area contributed by atoms with Crippen molar-refractivity contribution in [1.82, 2.24) is 14.7 Å². The number of carbonyl (C=O) groups excluding carboxylic acids is 2. The van der Waals surface area contributed by atoms with Crippen LogP contribution < -0.4 is 9.47 Å². The van der Waals surface area contributed by atoms with Crippen LogP contribution in [0, 0.1) is 0 Å². The molecule has 0 atom stereocenters. The van der Waals surface area contributed by atoms with Gasteiger partial charge in [0.25, 0.3) is 5.91 Å². The Labute approximate surface area is 184 Å². The highest BCUT2D eigenvalue weighted by Crippen LogP contribution is 2.21. The molecule has 7 heteroatoms. The first kappa shape index (κ1) is 22.6. The second-order valence-corrected chi connectivity index (χ2v) is 7.72. The quantitative estimate of drug-likeness (QED) is 0.608. The van der Waals surface area contributed by atoms with Gasteiger partial charge in [0.2, 0.25) is 5.91 Å². The van der Waals surface area contributed by atoms with Crippen LogP contribution >= 0.6 is 0 Å². The molecule has 2 aromatic rings. The molecule has 0 aromatic heterocycles. The molecule has 2 amide bonds. The third kappa shape index (κ3) is 6.72. The monoisotopic (exact) mass is 425 g/mol. The summed E-state index contributed by atoms with van der Waals surface area (Å²) >= 11 is 0. The van der Waals surface area contributed by atoms with Crippen LogP contribution in [0.4, 0.5) is 0 Å². The lowest BCUT2D eigenvalue weighted by atomic mass is 10.1. The Balaban J connectivity index is 1.54. The van der Waals surface area contributed by atoms with Crippen LogP contribution in [-0.4, -0.2) is 86.5 Å². The first-order valence-corrected chi connectivity index (χ1v) is 10.7. The topological polar surface area (TPSA) is 62.3 Å². The van der Waals surface area contributed by atoms with Crippen LogP contribution in [0.15, 0.2) is 54.6 Å². The molecule has 166 valence electrons. The molecule has 3 rings (SSSR count). The van der Waals surface area contributed by atoms with E-state index < -0.39 is 0 Å². The van der Waals surface area contributed by atoms with Crippen molar-refractivity contribution in [3.05, 3.63) is 60.2 Å². The molecule has 31 heavy (non-hydrogen) atoms. The minimum absolute atomic E-state index is 0.0413. The predicted molar refractivity (Wildman–Crippen MR) is 120 cm³/mol. The summed E-state index contributed by atoms with van der Waals surface area (Å²) in [6.45, 7) is 3.86. The summed E-state index contributed by atoms with van der Waals surface area (Å²) in [6.07, 6.45) is 0.834. The number of carbonyl (C=O) groups is 2. The van der Waals surface area contributed by atoms with Gasteiger partial charge in [-0.3, -0.25) is 14.5 Å². The summed E-state index contributed by atoms with van der Waals surface area (Å²) in [5.74, 6) is 1.39. The highest BCUT2D eigenvalue weighted by atomic mass is 16.5. The molecule has 0 radical (unpaired) electrons. The van der Waals surface area contributed by atoms with Gasteiger partial charge in [0.05, 0.1) is 12.1 Å². The Morgan fingerprint density at radius 2 is 1.58 bits per heavy atom. The molecule has 2 aromatic carbocycles. The maximum absolute atomic E-state index is 13.2. The van der Waals surface area contributed by atoms with E-state index in [0.29, 0.717) is 50.7 Å². The van der Waals surface area contributed by atoms with Crippen LogP contribution in [0.3, 0.4) is 0 Å². The fourth-order valence-electron chi connectivity index (χ4n) is 3.43. The van der Waals surface area contributed by atoms with E-state index in [1.54, 1.807) is 25.1 Å². The number of para-hydroxylation sites is 2. The maximum Gasteiger partial charge on any atom is 0.257 e. The minimum atomic E-state index is -0.0413. The lowest BCUT2D eigenvalue weighted by Gasteiger charge is -2.23. The van der Waals surface area contributed by atoms with Crippen molar-refractivity contribution in [1.29, 1.82) is 0 Å². The molecule has 1 aliphatic heterocycles. The van der Waals surface area contributed by atoms with E-state index in [9.17, 15) is 9.59 Å². The zero-order valence-corrected chi connectivity index (χ0v) is 18.3. The molecule has 7 nitrogen and oxygen atoms in total. The number of likely N-dealkylation sites (N-methyl/N-ethyl adjacent to an activating group) is 1. The van der Waals surface area contributed by atoms with Crippen LogP contribution in [-0.2, 0) is 4.79 Å². The van der Waals surface area contributed by atoms with E-state index >= 15 is 0 Å². The van der Waals surface area contributed by atoms with Gasteiger partial charge >= 0.3 is 0 Å². The van der Waals surface area contributed by atoms with E-state index in [2.05, 4.69) is 4.90 Å². The number of ether oxygens (including phenoxy) is 2. The zero-order chi connectivity index (χ0) is 22.1. The molecule has 0 aliphatic carbocycles. The van der Waals surface area contributed by atoms with Crippen molar-refractivity contribution >= 4 is 11.8 Å². The largest absolute Gasteiger partial charge is 0.490 e. The van der Waals surface area contributed by atoms with Crippen molar-refractivity contribution in [2.24, 2.45) is 0 Å². The summed E-state index contributed by atoms with van der Waals surface area (Å²) in [4.78, 5) is 30.7. The molecule has 0 bridgehead atoms. The van der Waals surface area contributed by atoms with Gasteiger partial charge in [0, 0.05) is 40.3 Å². The SMILES string of the molecule is CN(C)C(=O)CN1CCCN(C(=O)c2ccccc2OCCOc2ccccc2)CC1.